The van der Waals surface area contributed by atoms with Gasteiger partial charge in [-0.25, -0.2) is 8.42 Å². The fraction of sp³-hybridized carbons (Fsp3) is 0. The van der Waals surface area contributed by atoms with Crippen LogP contribution in [0.15, 0.2) is 70.0 Å². The monoisotopic (exact) mass is 543 g/mol. The van der Waals surface area contributed by atoms with Gasteiger partial charge in [-0.05, 0) is 54.6 Å². The lowest BCUT2D eigenvalue weighted by Crippen LogP contribution is -2.19. The molecule has 160 valence electrons. The molecule has 0 bridgehead atoms. The number of nitro groups is 1. The summed E-state index contributed by atoms with van der Waals surface area (Å²) in [7, 11) is -4.26. The van der Waals surface area contributed by atoms with E-state index in [1.807, 2.05) is 0 Å². The molecule has 3 rings (SSSR count). The van der Waals surface area contributed by atoms with E-state index in [0.29, 0.717) is 15.2 Å². The summed E-state index contributed by atoms with van der Waals surface area (Å²) in [5.74, 6) is -0.580. The lowest BCUT2D eigenvalue weighted by atomic mass is 10.1. The van der Waals surface area contributed by atoms with Crippen LogP contribution in [-0.4, -0.2) is 19.2 Å². The zero-order chi connectivity index (χ0) is 22.8. The van der Waals surface area contributed by atoms with Crippen LogP contribution in [0.25, 0.3) is 0 Å². The molecular weight excluding hydrogens is 533 g/mol. The number of nitrogens with one attached hydrogen (secondary N) is 2. The van der Waals surface area contributed by atoms with Gasteiger partial charge in [-0.3, -0.25) is 19.6 Å². The van der Waals surface area contributed by atoms with Crippen molar-refractivity contribution >= 4 is 72.1 Å². The molecule has 0 unspecified atom stereocenters. The topological polar surface area (TPSA) is 118 Å². The highest BCUT2D eigenvalue weighted by Gasteiger charge is 2.23. The van der Waals surface area contributed by atoms with Crippen molar-refractivity contribution in [2.75, 3.05) is 10.0 Å². The van der Waals surface area contributed by atoms with Gasteiger partial charge in [0.05, 0.1) is 21.1 Å². The van der Waals surface area contributed by atoms with Gasteiger partial charge in [0.25, 0.3) is 21.6 Å². The summed E-state index contributed by atoms with van der Waals surface area (Å²) in [5, 5.41) is 14.0. The Bertz CT molecular complexity index is 1280. The summed E-state index contributed by atoms with van der Waals surface area (Å²) < 4.78 is 28.5. The summed E-state index contributed by atoms with van der Waals surface area (Å²) in [6.45, 7) is 0. The quantitative estimate of drug-likeness (QED) is 0.304. The van der Waals surface area contributed by atoms with Crippen molar-refractivity contribution in [2.45, 2.75) is 4.90 Å². The van der Waals surface area contributed by atoms with E-state index in [-0.39, 0.29) is 21.2 Å². The first-order valence-corrected chi connectivity index (χ1v) is 11.4. The Morgan fingerprint density at radius 2 is 1.68 bits per heavy atom. The first kappa shape index (κ1) is 23.0. The summed E-state index contributed by atoms with van der Waals surface area (Å²) in [5.41, 5.74) is -0.0961. The highest BCUT2D eigenvalue weighted by Crippen LogP contribution is 2.29. The maximum Gasteiger partial charge on any atom is 0.289 e. The molecule has 0 aliphatic heterocycles. The van der Waals surface area contributed by atoms with Crippen molar-refractivity contribution < 1.29 is 18.1 Å². The van der Waals surface area contributed by atoms with Crippen molar-refractivity contribution in [3.8, 4) is 0 Å². The molecule has 12 heteroatoms. The predicted octanol–water partition coefficient (Wildman–Crippen LogP) is 5.72. The number of carbonyl (C=O) groups is 1. The molecule has 0 saturated heterocycles. The number of hydrogen-bond donors (Lipinski definition) is 2. The van der Waals surface area contributed by atoms with Gasteiger partial charge < -0.3 is 5.32 Å². The molecule has 0 spiro atoms. The second-order valence-electron chi connectivity index (χ2n) is 6.13. The summed E-state index contributed by atoms with van der Waals surface area (Å²) in [4.78, 5) is 22.7. The lowest BCUT2D eigenvalue weighted by molar-refractivity contribution is -0.384. The Labute approximate surface area is 195 Å². The molecule has 0 aliphatic carbocycles. The van der Waals surface area contributed by atoms with Crippen molar-refractivity contribution in [3.63, 3.8) is 0 Å². The Morgan fingerprint density at radius 3 is 2.32 bits per heavy atom. The number of sulfonamides is 1. The van der Waals surface area contributed by atoms with E-state index in [1.165, 1.54) is 12.1 Å². The second kappa shape index (κ2) is 9.23. The zero-order valence-electron chi connectivity index (χ0n) is 15.3. The molecule has 0 radical (unpaired) electrons. The van der Waals surface area contributed by atoms with E-state index in [1.54, 1.807) is 30.3 Å². The largest absolute Gasteiger partial charge is 0.322 e. The number of anilines is 2. The standard InChI is InChI=1S/C19H12BrCl2N3O5S/c20-11-1-8-17(15(9-11)19(26)23-13-4-2-12(21)3-5-13)24-31(29,30)14-6-7-16(22)18(10-14)25(27)28/h1-10,24H,(H,23,26). The van der Waals surface area contributed by atoms with Crippen LogP contribution in [0.2, 0.25) is 10.0 Å². The highest BCUT2D eigenvalue weighted by molar-refractivity contribution is 9.10. The predicted molar refractivity (Wildman–Crippen MR) is 122 cm³/mol. The molecule has 0 fully saturated rings. The van der Waals surface area contributed by atoms with Crippen LogP contribution in [0.5, 0.6) is 0 Å². The third kappa shape index (κ3) is 5.53. The van der Waals surface area contributed by atoms with Crippen LogP contribution in [0.1, 0.15) is 10.4 Å². The average molecular weight is 545 g/mol. The first-order chi connectivity index (χ1) is 14.6. The van der Waals surface area contributed by atoms with Gasteiger partial charge in [-0.2, -0.15) is 0 Å². The van der Waals surface area contributed by atoms with Crippen LogP contribution >= 0.6 is 39.1 Å². The van der Waals surface area contributed by atoms with Gasteiger partial charge in [0.1, 0.15) is 5.02 Å². The van der Waals surface area contributed by atoms with Gasteiger partial charge in [-0.15, -0.1) is 0 Å². The normalized spacial score (nSPS) is 11.1. The Kier molecular flexibility index (Phi) is 6.85. The molecular formula is C19H12BrCl2N3O5S. The SMILES string of the molecule is O=C(Nc1ccc(Cl)cc1)c1cc(Br)ccc1NS(=O)(=O)c1ccc(Cl)c([N+](=O)[O-])c1. The van der Waals surface area contributed by atoms with Crippen LogP contribution in [0, 0.1) is 10.1 Å². The molecule has 0 atom stereocenters. The summed E-state index contributed by atoms with van der Waals surface area (Å²) in [6.07, 6.45) is 0. The molecule has 0 saturated carbocycles. The van der Waals surface area contributed by atoms with Gasteiger partial charge in [-0.1, -0.05) is 39.1 Å². The molecule has 3 aromatic rings. The molecule has 2 N–H and O–H groups in total. The van der Waals surface area contributed by atoms with Gasteiger partial charge in [0, 0.05) is 21.2 Å². The molecule has 0 aromatic heterocycles. The fourth-order valence-corrected chi connectivity index (χ4v) is 4.30. The van der Waals surface area contributed by atoms with E-state index < -0.39 is 26.5 Å². The van der Waals surface area contributed by atoms with Crippen LogP contribution in [0.4, 0.5) is 17.1 Å². The number of benzene rings is 3. The van der Waals surface area contributed by atoms with Crippen molar-refractivity contribution in [3.05, 3.63) is 90.9 Å². The number of rotatable bonds is 6. The van der Waals surface area contributed by atoms with Gasteiger partial charge in [0.2, 0.25) is 0 Å². The van der Waals surface area contributed by atoms with E-state index in [2.05, 4.69) is 26.0 Å². The Balaban J connectivity index is 1.94. The smallest absolute Gasteiger partial charge is 0.289 e. The molecule has 31 heavy (non-hydrogen) atoms. The maximum absolute atomic E-state index is 12.8. The van der Waals surface area contributed by atoms with Crippen LogP contribution in [0.3, 0.4) is 0 Å². The minimum Gasteiger partial charge on any atom is -0.322 e. The third-order valence-corrected chi connectivity index (χ3v) is 6.43. The minimum atomic E-state index is -4.26. The minimum absolute atomic E-state index is 0.0210. The number of amides is 1. The number of nitrogens with zero attached hydrogens (tertiary/aromatic N) is 1. The molecule has 1 amide bonds. The summed E-state index contributed by atoms with van der Waals surface area (Å²) in [6, 6.07) is 13.8. The van der Waals surface area contributed by atoms with Crippen LogP contribution < -0.4 is 10.0 Å². The van der Waals surface area contributed by atoms with Crippen molar-refractivity contribution in [2.24, 2.45) is 0 Å². The van der Waals surface area contributed by atoms with Gasteiger partial charge >= 0.3 is 0 Å². The van der Waals surface area contributed by atoms with E-state index >= 15 is 0 Å². The highest BCUT2D eigenvalue weighted by atomic mass is 79.9. The fourth-order valence-electron chi connectivity index (χ4n) is 2.53. The molecule has 3 aromatic carbocycles. The maximum atomic E-state index is 12.8. The number of hydrogen-bond acceptors (Lipinski definition) is 5. The molecule has 0 heterocycles. The van der Waals surface area contributed by atoms with E-state index in [4.69, 9.17) is 23.2 Å². The Morgan fingerprint density at radius 1 is 1.00 bits per heavy atom. The number of halogens is 3. The van der Waals surface area contributed by atoms with E-state index in [9.17, 15) is 23.3 Å². The van der Waals surface area contributed by atoms with Gasteiger partial charge in [0.15, 0.2) is 0 Å². The number of nitro benzene ring substituents is 1. The molecule has 8 nitrogen and oxygen atoms in total. The lowest BCUT2D eigenvalue weighted by Gasteiger charge is -2.14. The van der Waals surface area contributed by atoms with Crippen molar-refractivity contribution in [1.29, 1.82) is 0 Å². The number of carbonyl (C=O) groups excluding carboxylic acids is 1. The molecule has 0 aliphatic rings. The third-order valence-electron chi connectivity index (χ3n) is 4.00. The second-order valence-corrected chi connectivity index (χ2v) is 9.57. The zero-order valence-corrected chi connectivity index (χ0v) is 19.2. The van der Waals surface area contributed by atoms with Crippen LogP contribution in [-0.2, 0) is 10.0 Å². The Hall–Kier alpha value is -2.66. The first-order valence-electron chi connectivity index (χ1n) is 8.40. The van der Waals surface area contributed by atoms with E-state index in [0.717, 1.165) is 18.2 Å². The van der Waals surface area contributed by atoms with Crippen molar-refractivity contribution in [1.82, 2.24) is 0 Å². The average Bonchev–Trinajstić information content (AvgIpc) is 2.70. The summed E-state index contributed by atoms with van der Waals surface area (Å²) >= 11 is 14.8.